The Morgan fingerprint density at radius 2 is 1.83 bits per heavy atom. The summed E-state index contributed by atoms with van der Waals surface area (Å²) in [7, 11) is -1.20. The van der Waals surface area contributed by atoms with Crippen molar-refractivity contribution in [2.75, 3.05) is 25.8 Å². The van der Waals surface area contributed by atoms with Gasteiger partial charge in [0.15, 0.2) is 9.84 Å². The van der Waals surface area contributed by atoms with Crippen LogP contribution < -0.4 is 5.32 Å². The van der Waals surface area contributed by atoms with Gasteiger partial charge >= 0.3 is 11.9 Å². The van der Waals surface area contributed by atoms with E-state index in [9.17, 15) is 18.0 Å². The number of hydrogen-bond donors (Lipinski definition) is 1. The van der Waals surface area contributed by atoms with Crippen LogP contribution in [0.25, 0.3) is 0 Å². The zero-order valence-corrected chi connectivity index (χ0v) is 14.5. The Hall–Kier alpha value is -2.06. The van der Waals surface area contributed by atoms with Crippen LogP contribution >= 0.6 is 11.6 Å². The van der Waals surface area contributed by atoms with E-state index in [4.69, 9.17) is 11.6 Å². The van der Waals surface area contributed by atoms with Crippen molar-refractivity contribution in [2.45, 2.75) is 11.8 Å². The van der Waals surface area contributed by atoms with E-state index in [0.29, 0.717) is 5.56 Å². The fourth-order valence-corrected chi connectivity index (χ4v) is 2.50. The average Bonchev–Trinajstić information content (AvgIpc) is 2.48. The summed E-state index contributed by atoms with van der Waals surface area (Å²) in [5, 5.41) is 2.81. The highest BCUT2D eigenvalue weighted by atomic mass is 35.5. The number of aryl methyl sites for hydroxylation is 1. The van der Waals surface area contributed by atoms with Crippen molar-refractivity contribution >= 4 is 39.1 Å². The van der Waals surface area contributed by atoms with Crippen LogP contribution in [0.3, 0.4) is 0 Å². The van der Waals surface area contributed by atoms with Crippen LogP contribution in [0.4, 0.5) is 5.69 Å². The van der Waals surface area contributed by atoms with Gasteiger partial charge in [0.2, 0.25) is 0 Å². The van der Waals surface area contributed by atoms with E-state index in [1.807, 2.05) is 0 Å². The summed E-state index contributed by atoms with van der Waals surface area (Å²) < 4.78 is 32.4. The van der Waals surface area contributed by atoms with Crippen LogP contribution in [-0.2, 0) is 28.9 Å². The van der Waals surface area contributed by atoms with Gasteiger partial charge in [-0.25, -0.2) is 18.0 Å². The number of hydrogen-bond acceptors (Lipinski definition) is 7. The van der Waals surface area contributed by atoms with Crippen LogP contribution in [0.1, 0.15) is 5.56 Å². The lowest BCUT2D eigenvalue weighted by molar-refractivity contribution is -0.138. The molecule has 0 heterocycles. The maximum absolute atomic E-state index is 11.7. The molecule has 0 bridgehead atoms. The normalized spacial score (nSPS) is 11.8. The lowest BCUT2D eigenvalue weighted by atomic mass is 10.2. The van der Waals surface area contributed by atoms with Crippen molar-refractivity contribution in [3.05, 3.63) is 34.5 Å². The quantitative estimate of drug-likeness (QED) is 0.629. The third kappa shape index (κ3) is 4.97. The molecule has 9 heteroatoms. The zero-order chi connectivity index (χ0) is 17.8. The number of benzene rings is 1. The zero-order valence-electron chi connectivity index (χ0n) is 13.0. The summed E-state index contributed by atoms with van der Waals surface area (Å²) in [6.07, 6.45) is 1.93. The Balaban J connectivity index is 3.39. The minimum Gasteiger partial charge on any atom is -0.466 e. The number of sulfone groups is 1. The highest BCUT2D eigenvalue weighted by Gasteiger charge is 2.18. The Morgan fingerprint density at radius 1 is 1.22 bits per heavy atom. The summed E-state index contributed by atoms with van der Waals surface area (Å²) >= 11 is 6.12. The molecule has 0 amide bonds. The monoisotopic (exact) mass is 361 g/mol. The fraction of sp³-hybridized carbons (Fsp3) is 0.286. The van der Waals surface area contributed by atoms with E-state index in [2.05, 4.69) is 14.8 Å². The molecule has 1 aromatic rings. The number of nitrogens with one attached hydrogen (secondary N) is 1. The topological polar surface area (TPSA) is 98.8 Å². The van der Waals surface area contributed by atoms with Crippen molar-refractivity contribution in [3.8, 4) is 0 Å². The maximum atomic E-state index is 11.7. The number of carbonyl (C=O) groups is 2. The highest BCUT2D eigenvalue weighted by Crippen LogP contribution is 2.30. The number of methoxy groups -OCH3 is 2. The molecule has 0 aliphatic carbocycles. The van der Waals surface area contributed by atoms with Crippen LogP contribution in [0.2, 0.25) is 5.02 Å². The van der Waals surface area contributed by atoms with Gasteiger partial charge in [-0.15, -0.1) is 0 Å². The first-order valence-corrected chi connectivity index (χ1v) is 8.52. The van der Waals surface area contributed by atoms with E-state index in [0.717, 1.165) is 26.6 Å². The molecule has 0 atom stereocenters. The Labute approximate surface area is 139 Å². The van der Waals surface area contributed by atoms with Crippen molar-refractivity contribution in [3.63, 3.8) is 0 Å². The van der Waals surface area contributed by atoms with Crippen molar-refractivity contribution in [2.24, 2.45) is 0 Å². The fourth-order valence-electron chi connectivity index (χ4n) is 1.62. The van der Waals surface area contributed by atoms with E-state index in [1.54, 1.807) is 6.92 Å². The number of halogens is 1. The molecule has 0 spiro atoms. The third-order valence-electron chi connectivity index (χ3n) is 2.79. The van der Waals surface area contributed by atoms with Gasteiger partial charge in [0.25, 0.3) is 0 Å². The predicted octanol–water partition coefficient (Wildman–Crippen LogP) is 1.69. The summed E-state index contributed by atoms with van der Waals surface area (Å²) in [4.78, 5) is 23.1. The summed E-state index contributed by atoms with van der Waals surface area (Å²) in [5.41, 5.74) is 0.387. The van der Waals surface area contributed by atoms with Crippen molar-refractivity contribution in [1.82, 2.24) is 0 Å². The van der Waals surface area contributed by atoms with E-state index < -0.39 is 21.8 Å². The number of ether oxygens (including phenoxy) is 2. The lowest BCUT2D eigenvalue weighted by Gasteiger charge is -2.13. The smallest absolute Gasteiger partial charge is 0.354 e. The number of rotatable bonds is 5. The second-order valence-corrected chi connectivity index (χ2v) is 6.97. The molecule has 1 aromatic carbocycles. The molecule has 0 saturated heterocycles. The molecule has 0 aliphatic heterocycles. The number of esters is 2. The molecule has 126 valence electrons. The molecule has 7 nitrogen and oxygen atoms in total. The second kappa shape index (κ2) is 7.47. The number of anilines is 1. The van der Waals surface area contributed by atoms with E-state index in [1.165, 1.54) is 12.1 Å². The molecule has 0 unspecified atom stereocenters. The third-order valence-corrected chi connectivity index (χ3v) is 4.39. The van der Waals surface area contributed by atoms with Gasteiger partial charge in [-0.2, -0.15) is 0 Å². The van der Waals surface area contributed by atoms with Crippen LogP contribution in [0.15, 0.2) is 28.8 Å². The predicted molar refractivity (Wildman–Crippen MR) is 85.0 cm³/mol. The van der Waals surface area contributed by atoms with Gasteiger partial charge in [0.1, 0.15) is 5.70 Å². The van der Waals surface area contributed by atoms with Gasteiger partial charge in [-0.3, -0.25) is 0 Å². The standard InChI is InChI=1S/C14H16ClNO6S/c1-8-5-9(23(4,19)20)6-10(13(8)15)16-11(14(18)22-3)7-12(17)21-2/h5-7,16H,1-4H3/b11-7+. The Bertz CT molecular complexity index is 770. The molecule has 0 fully saturated rings. The highest BCUT2D eigenvalue weighted by molar-refractivity contribution is 7.90. The Kier molecular flexibility index (Phi) is 6.17. The minimum atomic E-state index is -3.48. The first kappa shape index (κ1) is 19.0. The average molecular weight is 362 g/mol. The number of carbonyl (C=O) groups excluding carboxylic acids is 2. The minimum absolute atomic E-state index is 0.0178. The maximum Gasteiger partial charge on any atom is 0.354 e. The van der Waals surface area contributed by atoms with Crippen LogP contribution in [0.5, 0.6) is 0 Å². The summed E-state index contributed by atoms with van der Waals surface area (Å²) in [6.45, 7) is 1.62. The van der Waals surface area contributed by atoms with E-state index >= 15 is 0 Å². The molecule has 0 aromatic heterocycles. The molecular formula is C14H16ClNO6S. The Morgan fingerprint density at radius 3 is 2.30 bits per heavy atom. The van der Waals surface area contributed by atoms with Crippen molar-refractivity contribution in [1.29, 1.82) is 0 Å². The molecule has 1 N–H and O–H groups in total. The largest absolute Gasteiger partial charge is 0.466 e. The first-order chi connectivity index (χ1) is 10.6. The van der Waals surface area contributed by atoms with Crippen molar-refractivity contribution < 1.29 is 27.5 Å². The first-order valence-electron chi connectivity index (χ1n) is 6.25. The van der Waals surface area contributed by atoms with Crippen LogP contribution in [0, 0.1) is 6.92 Å². The molecule has 0 saturated carbocycles. The van der Waals surface area contributed by atoms with Gasteiger partial charge in [-0.05, 0) is 24.6 Å². The second-order valence-electron chi connectivity index (χ2n) is 4.57. The molecule has 23 heavy (non-hydrogen) atoms. The van der Waals surface area contributed by atoms with Gasteiger partial charge < -0.3 is 14.8 Å². The molecule has 0 aliphatic rings. The molecule has 0 radical (unpaired) electrons. The summed E-state index contributed by atoms with van der Waals surface area (Å²) in [6, 6.07) is 2.67. The van der Waals surface area contributed by atoms with Gasteiger partial charge in [-0.1, -0.05) is 11.6 Å². The van der Waals surface area contributed by atoms with E-state index in [-0.39, 0.29) is 21.3 Å². The molecular weight excluding hydrogens is 346 g/mol. The van der Waals surface area contributed by atoms with Crippen LogP contribution in [-0.4, -0.2) is 40.8 Å². The lowest BCUT2D eigenvalue weighted by Crippen LogP contribution is -2.16. The van der Waals surface area contributed by atoms with Gasteiger partial charge in [0.05, 0.1) is 35.9 Å². The molecule has 1 rings (SSSR count). The SMILES string of the molecule is COC(=O)/C=C(/Nc1cc(S(C)(=O)=O)cc(C)c1Cl)C(=O)OC. The van der Waals surface area contributed by atoms with Gasteiger partial charge in [0, 0.05) is 6.26 Å². The summed E-state index contributed by atoms with van der Waals surface area (Å²) in [5.74, 6) is -1.63.